The maximum absolute atomic E-state index is 5.51. The second-order valence-corrected chi connectivity index (χ2v) is 5.18. The molecule has 1 aromatic heterocycles. The Morgan fingerprint density at radius 3 is 2.88 bits per heavy atom. The van der Waals surface area contributed by atoms with E-state index in [9.17, 15) is 0 Å². The van der Waals surface area contributed by atoms with Crippen molar-refractivity contribution in [2.24, 2.45) is 11.8 Å². The molecule has 5 heteroatoms. The van der Waals surface area contributed by atoms with E-state index in [1.54, 1.807) is 0 Å². The first-order valence-corrected chi connectivity index (χ1v) is 6.48. The topological polar surface area (TPSA) is 63.0 Å². The van der Waals surface area contributed by atoms with Crippen LogP contribution in [0.1, 0.15) is 39.5 Å². The molecule has 2 unspecified atom stereocenters. The van der Waals surface area contributed by atoms with Crippen LogP contribution in [0.4, 0.5) is 6.01 Å². The van der Waals surface area contributed by atoms with Gasteiger partial charge < -0.3 is 15.1 Å². The van der Waals surface area contributed by atoms with Crippen LogP contribution in [0, 0.1) is 11.8 Å². The number of rotatable bonds is 7. The van der Waals surface area contributed by atoms with Crippen LogP contribution in [0.5, 0.6) is 0 Å². The molecule has 96 valence electrons. The predicted molar refractivity (Wildman–Crippen MR) is 66.7 cm³/mol. The summed E-state index contributed by atoms with van der Waals surface area (Å²) in [6, 6.07) is 1.10. The third-order valence-corrected chi connectivity index (χ3v) is 3.05. The van der Waals surface area contributed by atoms with Gasteiger partial charge in [-0.3, -0.25) is 0 Å². The van der Waals surface area contributed by atoms with E-state index in [-0.39, 0.29) is 0 Å². The van der Waals surface area contributed by atoms with E-state index in [0.717, 1.165) is 12.5 Å². The van der Waals surface area contributed by atoms with Gasteiger partial charge in [0, 0.05) is 6.04 Å². The minimum absolute atomic E-state index is 0.539. The van der Waals surface area contributed by atoms with Crippen molar-refractivity contribution in [3.8, 4) is 0 Å². The molecule has 1 aliphatic rings. The van der Waals surface area contributed by atoms with E-state index in [1.807, 2.05) is 0 Å². The number of hydrogen-bond acceptors (Lipinski definition) is 5. The molecule has 0 saturated heterocycles. The molecule has 1 aliphatic carbocycles. The van der Waals surface area contributed by atoms with Crippen molar-refractivity contribution in [3.63, 3.8) is 0 Å². The molecule has 2 N–H and O–H groups in total. The van der Waals surface area contributed by atoms with Gasteiger partial charge in [0.25, 0.3) is 0 Å². The molecule has 5 nitrogen and oxygen atoms in total. The monoisotopic (exact) mass is 238 g/mol. The van der Waals surface area contributed by atoms with Gasteiger partial charge in [0.05, 0.1) is 6.54 Å². The predicted octanol–water partition coefficient (Wildman–Crippen LogP) is 2.03. The fourth-order valence-corrected chi connectivity index (χ4v) is 1.89. The highest BCUT2D eigenvalue weighted by molar-refractivity contribution is 5.24. The molecule has 0 aromatic carbocycles. The van der Waals surface area contributed by atoms with Gasteiger partial charge in [0.2, 0.25) is 5.89 Å². The molecular formula is C12H22N4O. The lowest BCUT2D eigenvalue weighted by atomic mass is 10.2. The van der Waals surface area contributed by atoms with Crippen molar-refractivity contribution in [3.05, 3.63) is 5.89 Å². The van der Waals surface area contributed by atoms with Gasteiger partial charge in [-0.1, -0.05) is 32.3 Å². The molecule has 0 radical (unpaired) electrons. The number of nitrogens with one attached hydrogen (secondary N) is 2. The van der Waals surface area contributed by atoms with Crippen LogP contribution in [-0.2, 0) is 6.54 Å². The molecule has 0 amide bonds. The van der Waals surface area contributed by atoms with E-state index in [0.29, 0.717) is 30.4 Å². The smallest absolute Gasteiger partial charge is 0.315 e. The van der Waals surface area contributed by atoms with Gasteiger partial charge in [0.15, 0.2) is 0 Å². The van der Waals surface area contributed by atoms with Crippen molar-refractivity contribution in [1.29, 1.82) is 0 Å². The summed E-state index contributed by atoms with van der Waals surface area (Å²) in [7, 11) is 0. The third-order valence-electron chi connectivity index (χ3n) is 3.05. The van der Waals surface area contributed by atoms with Crippen molar-refractivity contribution in [1.82, 2.24) is 15.5 Å². The summed E-state index contributed by atoms with van der Waals surface area (Å²) in [5.41, 5.74) is 0. The number of anilines is 1. The van der Waals surface area contributed by atoms with Crippen molar-refractivity contribution >= 4 is 6.01 Å². The molecule has 0 bridgehead atoms. The van der Waals surface area contributed by atoms with Gasteiger partial charge in [-0.25, -0.2) is 0 Å². The van der Waals surface area contributed by atoms with Crippen molar-refractivity contribution in [2.45, 2.75) is 46.2 Å². The van der Waals surface area contributed by atoms with E-state index in [2.05, 4.69) is 41.6 Å². The minimum atomic E-state index is 0.539. The molecule has 2 atom stereocenters. The van der Waals surface area contributed by atoms with E-state index in [4.69, 9.17) is 4.42 Å². The lowest BCUT2D eigenvalue weighted by molar-refractivity contribution is 0.458. The Balaban J connectivity index is 1.72. The lowest BCUT2D eigenvalue weighted by Crippen LogP contribution is -2.19. The van der Waals surface area contributed by atoms with Crippen molar-refractivity contribution < 1.29 is 4.42 Å². The summed E-state index contributed by atoms with van der Waals surface area (Å²) in [6.07, 6.45) is 2.44. The van der Waals surface area contributed by atoms with Crippen LogP contribution in [0.2, 0.25) is 0 Å². The van der Waals surface area contributed by atoms with Crippen molar-refractivity contribution in [2.75, 3.05) is 11.9 Å². The van der Waals surface area contributed by atoms with Crippen LogP contribution in [0.15, 0.2) is 4.42 Å². The number of aromatic nitrogens is 2. The standard InChI is InChI=1S/C12H22N4O/c1-4-9-5-10(9)14-12-16-15-11(17-12)7-13-6-8(2)3/h8-10,13H,4-7H2,1-3H3,(H,14,16). The Morgan fingerprint density at radius 2 is 2.24 bits per heavy atom. The summed E-state index contributed by atoms with van der Waals surface area (Å²) >= 11 is 0. The lowest BCUT2D eigenvalue weighted by Gasteiger charge is -2.03. The number of nitrogens with zero attached hydrogens (tertiary/aromatic N) is 2. The SMILES string of the molecule is CCC1CC1Nc1nnc(CNCC(C)C)o1. The quantitative estimate of drug-likeness (QED) is 0.761. The van der Waals surface area contributed by atoms with Crippen LogP contribution >= 0.6 is 0 Å². The average molecular weight is 238 g/mol. The first-order chi connectivity index (χ1) is 8.19. The molecule has 2 rings (SSSR count). The Hall–Kier alpha value is -1.10. The fraction of sp³-hybridized carbons (Fsp3) is 0.833. The molecular weight excluding hydrogens is 216 g/mol. The Kier molecular flexibility index (Phi) is 3.99. The summed E-state index contributed by atoms with van der Waals surface area (Å²) in [5.74, 6) is 2.07. The normalized spacial score (nSPS) is 23.1. The van der Waals surface area contributed by atoms with E-state index < -0.39 is 0 Å². The first-order valence-electron chi connectivity index (χ1n) is 6.48. The van der Waals surface area contributed by atoms with Crippen LogP contribution in [-0.4, -0.2) is 22.8 Å². The molecule has 17 heavy (non-hydrogen) atoms. The Bertz CT molecular complexity index is 350. The summed E-state index contributed by atoms with van der Waals surface area (Å²) in [6.45, 7) is 8.17. The highest BCUT2D eigenvalue weighted by atomic mass is 16.4. The highest BCUT2D eigenvalue weighted by Crippen LogP contribution is 2.35. The maximum atomic E-state index is 5.51. The van der Waals surface area contributed by atoms with Gasteiger partial charge in [-0.05, 0) is 24.8 Å². The van der Waals surface area contributed by atoms with Gasteiger partial charge >= 0.3 is 6.01 Å². The third kappa shape index (κ3) is 3.70. The molecule has 1 saturated carbocycles. The molecule has 0 aliphatic heterocycles. The Labute approximate surface area is 102 Å². The summed E-state index contributed by atoms with van der Waals surface area (Å²) in [4.78, 5) is 0. The van der Waals surface area contributed by atoms with Crippen LogP contribution < -0.4 is 10.6 Å². The minimum Gasteiger partial charge on any atom is -0.407 e. The molecule has 1 aromatic rings. The second-order valence-electron chi connectivity index (χ2n) is 5.18. The van der Waals surface area contributed by atoms with Gasteiger partial charge in [0.1, 0.15) is 0 Å². The maximum Gasteiger partial charge on any atom is 0.315 e. The molecule has 1 fully saturated rings. The van der Waals surface area contributed by atoms with Gasteiger partial charge in [-0.2, -0.15) is 0 Å². The zero-order valence-electron chi connectivity index (χ0n) is 10.9. The summed E-state index contributed by atoms with van der Waals surface area (Å²) < 4.78 is 5.51. The van der Waals surface area contributed by atoms with E-state index in [1.165, 1.54) is 12.8 Å². The molecule has 0 spiro atoms. The first kappa shape index (κ1) is 12.4. The summed E-state index contributed by atoms with van der Waals surface area (Å²) in [5, 5.41) is 14.5. The zero-order valence-corrected chi connectivity index (χ0v) is 10.9. The van der Waals surface area contributed by atoms with Crippen LogP contribution in [0.25, 0.3) is 0 Å². The van der Waals surface area contributed by atoms with Gasteiger partial charge in [-0.15, -0.1) is 5.10 Å². The zero-order chi connectivity index (χ0) is 12.3. The van der Waals surface area contributed by atoms with E-state index >= 15 is 0 Å². The number of hydrogen-bond donors (Lipinski definition) is 2. The fourth-order valence-electron chi connectivity index (χ4n) is 1.89. The largest absolute Gasteiger partial charge is 0.407 e. The highest BCUT2D eigenvalue weighted by Gasteiger charge is 2.36. The average Bonchev–Trinajstić information content (AvgIpc) is 2.88. The second kappa shape index (κ2) is 5.49. The Morgan fingerprint density at radius 1 is 1.41 bits per heavy atom. The molecule has 1 heterocycles. The van der Waals surface area contributed by atoms with Crippen LogP contribution in [0.3, 0.4) is 0 Å².